The van der Waals surface area contributed by atoms with Crippen molar-refractivity contribution in [2.45, 2.75) is 18.9 Å². The molecule has 1 aliphatic heterocycles. The fraction of sp³-hybridized carbons (Fsp3) is 0.350. The van der Waals surface area contributed by atoms with E-state index in [1.807, 2.05) is 66.5 Å². The summed E-state index contributed by atoms with van der Waals surface area (Å²) in [5.41, 5.74) is 0.705. The van der Waals surface area contributed by atoms with E-state index in [0.717, 1.165) is 37.4 Å². The average molecular weight is 324 g/mol. The van der Waals surface area contributed by atoms with Gasteiger partial charge in [0.25, 0.3) is 5.91 Å². The van der Waals surface area contributed by atoms with Gasteiger partial charge in [-0.15, -0.1) is 0 Å². The van der Waals surface area contributed by atoms with Crippen LogP contribution in [-0.2, 0) is 0 Å². The summed E-state index contributed by atoms with van der Waals surface area (Å²) in [6.07, 6.45) is 2.07. The van der Waals surface area contributed by atoms with Crippen LogP contribution in [0.25, 0.3) is 0 Å². The molecule has 2 aromatic rings. The summed E-state index contributed by atoms with van der Waals surface area (Å²) in [6, 6.07) is 17.3. The van der Waals surface area contributed by atoms with E-state index in [2.05, 4.69) is 11.9 Å². The van der Waals surface area contributed by atoms with E-state index in [9.17, 15) is 4.79 Å². The van der Waals surface area contributed by atoms with E-state index < -0.39 is 0 Å². The highest BCUT2D eigenvalue weighted by Gasteiger charge is 2.24. The first-order valence-corrected chi connectivity index (χ1v) is 8.42. The normalized spacial score (nSPS) is 15.9. The standard InChI is InChI=1S/C20H24N2O2/c1-21-14-12-17(13-15-21)22(2)20(23)16-8-10-19(11-9-16)24-18-6-4-3-5-7-18/h3-11,17H,12-15H2,1-2H3. The second kappa shape index (κ2) is 7.49. The van der Waals surface area contributed by atoms with Gasteiger partial charge in [0.1, 0.15) is 11.5 Å². The van der Waals surface area contributed by atoms with Crippen molar-refractivity contribution in [1.82, 2.24) is 9.80 Å². The Labute approximate surface area is 143 Å². The van der Waals surface area contributed by atoms with Gasteiger partial charge >= 0.3 is 0 Å². The van der Waals surface area contributed by atoms with Gasteiger partial charge in [-0.2, -0.15) is 0 Å². The third-order valence-electron chi connectivity index (χ3n) is 4.64. The van der Waals surface area contributed by atoms with Crippen molar-refractivity contribution in [3.05, 3.63) is 60.2 Å². The summed E-state index contributed by atoms with van der Waals surface area (Å²) < 4.78 is 5.77. The van der Waals surface area contributed by atoms with E-state index in [0.29, 0.717) is 11.6 Å². The number of piperidine rings is 1. The molecule has 0 bridgehead atoms. The summed E-state index contributed by atoms with van der Waals surface area (Å²) in [7, 11) is 4.04. The number of benzene rings is 2. The number of amides is 1. The van der Waals surface area contributed by atoms with Gasteiger partial charge in [0.15, 0.2) is 0 Å². The third kappa shape index (κ3) is 3.95. The van der Waals surface area contributed by atoms with Gasteiger partial charge < -0.3 is 14.5 Å². The van der Waals surface area contributed by atoms with Crippen LogP contribution in [0.1, 0.15) is 23.2 Å². The topological polar surface area (TPSA) is 32.8 Å². The van der Waals surface area contributed by atoms with Gasteiger partial charge in [-0.1, -0.05) is 18.2 Å². The maximum atomic E-state index is 12.7. The molecule has 3 rings (SSSR count). The van der Waals surface area contributed by atoms with Crippen LogP contribution in [0.3, 0.4) is 0 Å². The molecule has 0 N–H and O–H groups in total. The first kappa shape index (κ1) is 16.5. The van der Waals surface area contributed by atoms with Crippen LogP contribution < -0.4 is 4.74 Å². The van der Waals surface area contributed by atoms with E-state index >= 15 is 0 Å². The number of carbonyl (C=O) groups excluding carboxylic acids is 1. The van der Waals surface area contributed by atoms with Gasteiger partial charge in [0.2, 0.25) is 0 Å². The number of hydrogen-bond acceptors (Lipinski definition) is 3. The molecule has 1 amide bonds. The van der Waals surface area contributed by atoms with Crippen LogP contribution >= 0.6 is 0 Å². The van der Waals surface area contributed by atoms with Crippen molar-refractivity contribution in [3.63, 3.8) is 0 Å². The summed E-state index contributed by atoms with van der Waals surface area (Å²) in [6.45, 7) is 2.10. The summed E-state index contributed by atoms with van der Waals surface area (Å²) in [4.78, 5) is 16.9. The van der Waals surface area contributed by atoms with Crippen molar-refractivity contribution >= 4 is 5.91 Å². The molecule has 126 valence electrons. The molecule has 0 unspecified atom stereocenters. The third-order valence-corrected chi connectivity index (χ3v) is 4.64. The Hall–Kier alpha value is -2.33. The molecule has 4 nitrogen and oxygen atoms in total. The molecule has 0 saturated carbocycles. The zero-order valence-electron chi connectivity index (χ0n) is 14.3. The fourth-order valence-corrected chi connectivity index (χ4v) is 3.04. The maximum absolute atomic E-state index is 12.7. The van der Waals surface area contributed by atoms with Crippen molar-refractivity contribution in [3.8, 4) is 11.5 Å². The number of hydrogen-bond donors (Lipinski definition) is 0. The number of para-hydroxylation sites is 1. The van der Waals surface area contributed by atoms with Crippen LogP contribution in [0.2, 0.25) is 0 Å². The minimum absolute atomic E-state index is 0.0795. The summed E-state index contributed by atoms with van der Waals surface area (Å²) >= 11 is 0. The molecular formula is C20H24N2O2. The number of rotatable bonds is 4. The monoisotopic (exact) mass is 324 g/mol. The van der Waals surface area contributed by atoms with Crippen LogP contribution in [0.5, 0.6) is 11.5 Å². The first-order valence-electron chi connectivity index (χ1n) is 8.42. The zero-order valence-corrected chi connectivity index (χ0v) is 14.3. The Morgan fingerprint density at radius 3 is 2.21 bits per heavy atom. The van der Waals surface area contributed by atoms with E-state index in [4.69, 9.17) is 4.74 Å². The van der Waals surface area contributed by atoms with Crippen LogP contribution in [0.15, 0.2) is 54.6 Å². The average Bonchev–Trinajstić information content (AvgIpc) is 2.63. The minimum atomic E-state index is 0.0795. The number of likely N-dealkylation sites (tertiary alicyclic amines) is 1. The van der Waals surface area contributed by atoms with Crippen molar-refractivity contribution in [1.29, 1.82) is 0 Å². The molecule has 24 heavy (non-hydrogen) atoms. The molecule has 0 aromatic heterocycles. The van der Waals surface area contributed by atoms with Crippen molar-refractivity contribution < 1.29 is 9.53 Å². The SMILES string of the molecule is CN1CCC(N(C)C(=O)c2ccc(Oc3ccccc3)cc2)CC1. The molecular weight excluding hydrogens is 300 g/mol. The van der Waals surface area contributed by atoms with Gasteiger partial charge in [-0.05, 0) is 69.4 Å². The van der Waals surface area contributed by atoms with E-state index in [1.54, 1.807) is 0 Å². The predicted octanol–water partition coefficient (Wildman–Crippen LogP) is 3.65. The summed E-state index contributed by atoms with van der Waals surface area (Å²) in [5.74, 6) is 1.61. The lowest BCUT2D eigenvalue weighted by Gasteiger charge is -2.35. The van der Waals surface area contributed by atoms with Gasteiger partial charge in [0.05, 0.1) is 0 Å². The molecule has 2 aromatic carbocycles. The number of nitrogens with zero attached hydrogens (tertiary/aromatic N) is 2. The van der Waals surface area contributed by atoms with Crippen LogP contribution in [0, 0.1) is 0 Å². The second-order valence-corrected chi connectivity index (χ2v) is 6.39. The molecule has 0 spiro atoms. The molecule has 0 radical (unpaired) electrons. The lowest BCUT2D eigenvalue weighted by atomic mass is 10.0. The Balaban J connectivity index is 1.63. The van der Waals surface area contributed by atoms with Crippen LogP contribution in [-0.4, -0.2) is 48.9 Å². The zero-order chi connectivity index (χ0) is 16.9. The quantitative estimate of drug-likeness (QED) is 0.861. The highest BCUT2D eigenvalue weighted by Crippen LogP contribution is 2.22. The molecule has 0 atom stereocenters. The molecule has 1 fully saturated rings. The summed E-state index contributed by atoms with van der Waals surface area (Å²) in [5, 5.41) is 0. The van der Waals surface area contributed by atoms with E-state index in [-0.39, 0.29) is 5.91 Å². The Kier molecular flexibility index (Phi) is 5.16. The lowest BCUT2D eigenvalue weighted by Crippen LogP contribution is -2.44. The maximum Gasteiger partial charge on any atom is 0.253 e. The number of ether oxygens (including phenoxy) is 1. The molecule has 1 saturated heterocycles. The van der Waals surface area contributed by atoms with Gasteiger partial charge in [-0.25, -0.2) is 0 Å². The van der Waals surface area contributed by atoms with Crippen LogP contribution in [0.4, 0.5) is 0 Å². The lowest BCUT2D eigenvalue weighted by molar-refractivity contribution is 0.0659. The fourth-order valence-electron chi connectivity index (χ4n) is 3.04. The van der Waals surface area contributed by atoms with Gasteiger partial charge in [-0.3, -0.25) is 4.79 Å². The minimum Gasteiger partial charge on any atom is -0.457 e. The molecule has 1 aliphatic rings. The van der Waals surface area contributed by atoms with Gasteiger partial charge in [0, 0.05) is 18.7 Å². The molecule has 0 aliphatic carbocycles. The van der Waals surface area contributed by atoms with E-state index in [1.165, 1.54) is 0 Å². The molecule has 1 heterocycles. The Morgan fingerprint density at radius 2 is 1.58 bits per heavy atom. The Bertz CT molecular complexity index is 662. The predicted molar refractivity (Wildman–Crippen MR) is 95.6 cm³/mol. The Morgan fingerprint density at radius 1 is 1.00 bits per heavy atom. The highest BCUT2D eigenvalue weighted by molar-refractivity contribution is 5.94. The first-order chi connectivity index (χ1) is 11.6. The number of carbonyl (C=O) groups is 1. The van der Waals surface area contributed by atoms with Crippen molar-refractivity contribution in [2.24, 2.45) is 0 Å². The van der Waals surface area contributed by atoms with Crippen molar-refractivity contribution in [2.75, 3.05) is 27.2 Å². The second-order valence-electron chi connectivity index (χ2n) is 6.39. The smallest absolute Gasteiger partial charge is 0.253 e. The largest absolute Gasteiger partial charge is 0.457 e. The molecule has 4 heteroatoms. The highest BCUT2D eigenvalue weighted by atomic mass is 16.5.